The van der Waals surface area contributed by atoms with Crippen LogP contribution in [0, 0.1) is 0 Å². The minimum absolute atomic E-state index is 0.00992. The molecule has 138 valence electrons. The van der Waals surface area contributed by atoms with E-state index >= 15 is 0 Å². The highest BCUT2D eigenvalue weighted by Crippen LogP contribution is 2.24. The minimum Gasteiger partial charge on any atom is -0.338 e. The van der Waals surface area contributed by atoms with E-state index in [4.69, 9.17) is 0 Å². The number of nitrogens with zero attached hydrogens (tertiary/aromatic N) is 3. The van der Waals surface area contributed by atoms with Crippen LogP contribution in [0.25, 0.3) is 0 Å². The fourth-order valence-electron chi connectivity index (χ4n) is 3.78. The van der Waals surface area contributed by atoms with Crippen LogP contribution >= 0.6 is 0 Å². The third-order valence-electron chi connectivity index (χ3n) is 5.20. The summed E-state index contributed by atoms with van der Waals surface area (Å²) in [5.74, 6) is 0.150. The smallest absolute Gasteiger partial charge is 0.317 e. The number of H-pyrrole nitrogens is 1. The number of amides is 2. The van der Waals surface area contributed by atoms with Crippen molar-refractivity contribution in [2.45, 2.75) is 44.4 Å². The van der Waals surface area contributed by atoms with E-state index in [9.17, 15) is 9.59 Å². The maximum absolute atomic E-state index is 12.4. The van der Waals surface area contributed by atoms with Crippen molar-refractivity contribution in [2.24, 2.45) is 0 Å². The second-order valence-corrected chi connectivity index (χ2v) is 7.11. The summed E-state index contributed by atoms with van der Waals surface area (Å²) < 4.78 is 0. The third-order valence-corrected chi connectivity index (χ3v) is 5.20. The van der Waals surface area contributed by atoms with Crippen molar-refractivity contribution in [3.8, 4) is 0 Å². The molecule has 0 saturated carbocycles. The molecule has 7 heteroatoms. The second-order valence-electron chi connectivity index (χ2n) is 7.11. The van der Waals surface area contributed by atoms with Gasteiger partial charge in [0.25, 0.3) is 5.56 Å². The number of hydrogen-bond acceptors (Lipinski definition) is 4. The summed E-state index contributed by atoms with van der Waals surface area (Å²) in [7, 11) is 0. The van der Waals surface area contributed by atoms with Crippen LogP contribution in [0.4, 0.5) is 4.79 Å². The Morgan fingerprint density at radius 1 is 1.24 bits per heavy atom. The highest BCUT2D eigenvalue weighted by molar-refractivity contribution is 5.74. The lowest BCUT2D eigenvalue weighted by Crippen LogP contribution is -2.45. The predicted molar refractivity (Wildman–Crippen MR) is 96.7 cm³/mol. The fourth-order valence-corrected chi connectivity index (χ4v) is 3.78. The standard InChI is InChI=1S/C18H29N5O2/c24-17-12-16(20-14-21-17)15-6-5-11-23(13-15)18(25)19-7-1-2-8-22-9-3-4-10-22/h12,14-15H,1-11,13H2,(H,19,25)(H,20,21,24)/t15-/m0/s1. The maximum Gasteiger partial charge on any atom is 0.317 e. The second kappa shape index (κ2) is 8.99. The van der Waals surface area contributed by atoms with Gasteiger partial charge in [0.1, 0.15) is 0 Å². The van der Waals surface area contributed by atoms with Gasteiger partial charge in [0.2, 0.25) is 0 Å². The van der Waals surface area contributed by atoms with Crippen molar-refractivity contribution in [3.05, 3.63) is 28.4 Å². The first kappa shape index (κ1) is 17.9. The van der Waals surface area contributed by atoms with Gasteiger partial charge in [-0.1, -0.05) is 0 Å². The number of hydrogen-bond donors (Lipinski definition) is 2. The molecule has 7 nitrogen and oxygen atoms in total. The largest absolute Gasteiger partial charge is 0.338 e. The summed E-state index contributed by atoms with van der Waals surface area (Å²) in [6, 6.07) is 1.56. The Balaban J connectivity index is 1.38. The zero-order valence-electron chi connectivity index (χ0n) is 14.9. The molecule has 0 unspecified atom stereocenters. The Labute approximate surface area is 148 Å². The van der Waals surface area contributed by atoms with Crippen molar-refractivity contribution in [2.75, 3.05) is 39.3 Å². The number of urea groups is 1. The summed E-state index contributed by atoms with van der Waals surface area (Å²) in [6.07, 6.45) is 8.17. The Morgan fingerprint density at radius 2 is 2.08 bits per heavy atom. The van der Waals surface area contributed by atoms with E-state index in [1.165, 1.54) is 32.3 Å². The van der Waals surface area contributed by atoms with Crippen LogP contribution in [-0.4, -0.2) is 65.1 Å². The molecule has 1 aromatic heterocycles. The molecule has 2 aliphatic rings. The molecule has 2 N–H and O–H groups in total. The highest BCUT2D eigenvalue weighted by atomic mass is 16.2. The first-order chi connectivity index (χ1) is 12.2. The number of carbonyl (C=O) groups excluding carboxylic acids is 1. The summed E-state index contributed by atoms with van der Waals surface area (Å²) >= 11 is 0. The summed E-state index contributed by atoms with van der Waals surface area (Å²) in [6.45, 7) is 5.76. The van der Waals surface area contributed by atoms with Crippen LogP contribution in [0.1, 0.15) is 50.1 Å². The van der Waals surface area contributed by atoms with E-state index in [1.807, 2.05) is 4.90 Å². The Hall–Kier alpha value is -1.89. The topological polar surface area (TPSA) is 81.3 Å². The maximum atomic E-state index is 12.4. The number of likely N-dealkylation sites (tertiary alicyclic amines) is 2. The first-order valence-electron chi connectivity index (χ1n) is 9.52. The number of piperidine rings is 1. The Morgan fingerprint density at radius 3 is 2.88 bits per heavy atom. The van der Waals surface area contributed by atoms with Gasteiger partial charge >= 0.3 is 6.03 Å². The SMILES string of the molecule is O=C(NCCCCN1CCCC1)N1CCC[C@H](c2cc(=O)[nH]cn2)C1. The highest BCUT2D eigenvalue weighted by Gasteiger charge is 2.25. The Bertz CT molecular complexity index is 611. The van der Waals surface area contributed by atoms with Crippen LogP contribution < -0.4 is 10.9 Å². The van der Waals surface area contributed by atoms with Crippen molar-refractivity contribution in [1.29, 1.82) is 0 Å². The van der Waals surface area contributed by atoms with Gasteiger partial charge in [-0.15, -0.1) is 0 Å². The molecule has 2 aliphatic heterocycles. The van der Waals surface area contributed by atoms with Gasteiger partial charge in [0, 0.05) is 31.6 Å². The molecule has 3 heterocycles. The van der Waals surface area contributed by atoms with Crippen LogP contribution in [0.2, 0.25) is 0 Å². The van der Waals surface area contributed by atoms with E-state index in [-0.39, 0.29) is 17.5 Å². The van der Waals surface area contributed by atoms with Gasteiger partial charge in [-0.3, -0.25) is 4.79 Å². The van der Waals surface area contributed by atoms with E-state index in [0.29, 0.717) is 6.54 Å². The molecule has 0 radical (unpaired) electrons. The lowest BCUT2D eigenvalue weighted by molar-refractivity contribution is 0.178. The molecule has 1 atom stereocenters. The van der Waals surface area contributed by atoms with Crippen molar-refractivity contribution in [1.82, 2.24) is 25.1 Å². The van der Waals surface area contributed by atoms with Crippen LogP contribution in [-0.2, 0) is 0 Å². The zero-order chi connectivity index (χ0) is 17.5. The van der Waals surface area contributed by atoms with E-state index in [1.54, 1.807) is 6.07 Å². The monoisotopic (exact) mass is 347 g/mol. The van der Waals surface area contributed by atoms with Crippen molar-refractivity contribution >= 4 is 6.03 Å². The molecule has 1 aromatic rings. The average Bonchev–Trinajstić information content (AvgIpc) is 3.15. The third kappa shape index (κ3) is 5.29. The van der Waals surface area contributed by atoms with Gasteiger partial charge in [0.05, 0.1) is 12.0 Å². The lowest BCUT2D eigenvalue weighted by atomic mass is 9.95. The quantitative estimate of drug-likeness (QED) is 0.765. The first-order valence-corrected chi connectivity index (χ1v) is 9.52. The van der Waals surface area contributed by atoms with Gasteiger partial charge in [-0.25, -0.2) is 9.78 Å². The number of rotatable bonds is 6. The molecule has 0 bridgehead atoms. The lowest BCUT2D eigenvalue weighted by Gasteiger charge is -2.32. The molecule has 3 rings (SSSR count). The number of nitrogens with one attached hydrogen (secondary N) is 2. The van der Waals surface area contributed by atoms with Gasteiger partial charge in [0.15, 0.2) is 0 Å². The zero-order valence-corrected chi connectivity index (χ0v) is 14.9. The fraction of sp³-hybridized carbons (Fsp3) is 0.722. The number of unbranched alkanes of at least 4 members (excludes halogenated alkanes) is 1. The van der Waals surface area contributed by atoms with E-state index < -0.39 is 0 Å². The molecule has 0 spiro atoms. The summed E-state index contributed by atoms with van der Waals surface area (Å²) in [4.78, 5) is 35.0. The Kier molecular flexibility index (Phi) is 6.44. The number of aromatic amines is 1. The number of carbonyl (C=O) groups is 1. The van der Waals surface area contributed by atoms with Crippen molar-refractivity contribution in [3.63, 3.8) is 0 Å². The minimum atomic E-state index is -0.135. The molecule has 25 heavy (non-hydrogen) atoms. The predicted octanol–water partition coefficient (Wildman–Crippen LogP) is 1.53. The van der Waals surface area contributed by atoms with E-state index in [2.05, 4.69) is 20.2 Å². The van der Waals surface area contributed by atoms with Crippen LogP contribution in [0.15, 0.2) is 17.2 Å². The number of aromatic nitrogens is 2. The van der Waals surface area contributed by atoms with Gasteiger partial charge in [-0.05, 0) is 58.2 Å². The molecule has 2 amide bonds. The molecular formula is C18H29N5O2. The molecule has 0 aromatic carbocycles. The average molecular weight is 347 g/mol. The molecule has 2 saturated heterocycles. The molecule has 2 fully saturated rings. The van der Waals surface area contributed by atoms with Gasteiger partial charge < -0.3 is 20.1 Å². The summed E-state index contributed by atoms with van der Waals surface area (Å²) in [5.41, 5.74) is 0.649. The van der Waals surface area contributed by atoms with E-state index in [0.717, 1.165) is 51.0 Å². The van der Waals surface area contributed by atoms with Crippen LogP contribution in [0.3, 0.4) is 0 Å². The van der Waals surface area contributed by atoms with Gasteiger partial charge in [-0.2, -0.15) is 0 Å². The van der Waals surface area contributed by atoms with Crippen LogP contribution in [0.5, 0.6) is 0 Å². The van der Waals surface area contributed by atoms with Crippen molar-refractivity contribution < 1.29 is 4.79 Å². The molecule has 0 aliphatic carbocycles. The normalized spacial score (nSPS) is 21.4. The molecular weight excluding hydrogens is 318 g/mol. The summed E-state index contributed by atoms with van der Waals surface area (Å²) in [5, 5.41) is 3.04.